The maximum atomic E-state index is 5.87. The molecule has 0 radical (unpaired) electrons. The molecule has 0 bridgehead atoms. The summed E-state index contributed by atoms with van der Waals surface area (Å²) in [5, 5.41) is 3.67. The SMILES string of the molecule is CNCc1coc(OCc2cccc(Cl)c2)n1. The second-order valence-corrected chi connectivity index (χ2v) is 3.99. The molecule has 0 unspecified atom stereocenters. The monoisotopic (exact) mass is 252 g/mol. The van der Waals surface area contributed by atoms with Gasteiger partial charge in [0.05, 0.1) is 5.69 Å². The zero-order chi connectivity index (χ0) is 12.1. The molecule has 1 N–H and O–H groups in total. The van der Waals surface area contributed by atoms with Crippen LogP contribution in [-0.4, -0.2) is 12.0 Å². The summed E-state index contributed by atoms with van der Waals surface area (Å²) in [6.07, 6.45) is 1.85. The first-order valence-corrected chi connectivity index (χ1v) is 5.62. The molecule has 0 amide bonds. The minimum atomic E-state index is 0.273. The molecule has 0 saturated heterocycles. The van der Waals surface area contributed by atoms with Crippen LogP contribution in [0, 0.1) is 0 Å². The lowest BCUT2D eigenvalue weighted by atomic mass is 10.2. The normalized spacial score (nSPS) is 10.5. The van der Waals surface area contributed by atoms with Crippen LogP contribution < -0.4 is 10.1 Å². The van der Waals surface area contributed by atoms with E-state index in [1.807, 2.05) is 31.3 Å². The number of oxazole rings is 1. The molecule has 90 valence electrons. The number of nitrogens with one attached hydrogen (secondary N) is 1. The lowest BCUT2D eigenvalue weighted by molar-refractivity contribution is 0.220. The summed E-state index contributed by atoms with van der Waals surface area (Å²) in [6, 6.07) is 7.48. The third-order valence-corrected chi connectivity index (χ3v) is 2.38. The second kappa shape index (κ2) is 5.70. The van der Waals surface area contributed by atoms with E-state index in [1.54, 1.807) is 6.26 Å². The van der Waals surface area contributed by atoms with Crippen molar-refractivity contribution in [3.8, 4) is 6.08 Å². The average Bonchev–Trinajstić information content (AvgIpc) is 2.75. The van der Waals surface area contributed by atoms with Crippen molar-refractivity contribution in [2.45, 2.75) is 13.2 Å². The first-order valence-electron chi connectivity index (χ1n) is 5.24. The molecule has 0 spiro atoms. The fourth-order valence-electron chi connectivity index (χ4n) is 1.39. The van der Waals surface area contributed by atoms with Gasteiger partial charge in [0.1, 0.15) is 12.9 Å². The van der Waals surface area contributed by atoms with Crippen LogP contribution in [0.3, 0.4) is 0 Å². The number of benzene rings is 1. The van der Waals surface area contributed by atoms with E-state index < -0.39 is 0 Å². The highest BCUT2D eigenvalue weighted by atomic mass is 35.5. The van der Waals surface area contributed by atoms with Crippen molar-refractivity contribution in [3.05, 3.63) is 46.8 Å². The second-order valence-electron chi connectivity index (χ2n) is 3.55. The van der Waals surface area contributed by atoms with Crippen LogP contribution in [0.2, 0.25) is 5.02 Å². The van der Waals surface area contributed by atoms with Crippen LogP contribution in [-0.2, 0) is 13.2 Å². The van der Waals surface area contributed by atoms with Crippen LogP contribution in [0.5, 0.6) is 6.08 Å². The van der Waals surface area contributed by atoms with Crippen molar-refractivity contribution in [2.24, 2.45) is 0 Å². The fourth-order valence-corrected chi connectivity index (χ4v) is 1.60. The minimum absolute atomic E-state index is 0.273. The van der Waals surface area contributed by atoms with Crippen molar-refractivity contribution < 1.29 is 9.15 Å². The summed E-state index contributed by atoms with van der Waals surface area (Å²) in [4.78, 5) is 4.15. The molecule has 0 aliphatic heterocycles. The van der Waals surface area contributed by atoms with Gasteiger partial charge < -0.3 is 14.5 Å². The number of halogens is 1. The Morgan fingerprint density at radius 1 is 1.47 bits per heavy atom. The van der Waals surface area contributed by atoms with Crippen molar-refractivity contribution in [1.82, 2.24) is 10.3 Å². The first kappa shape index (κ1) is 12.0. The average molecular weight is 253 g/mol. The summed E-state index contributed by atoms with van der Waals surface area (Å²) < 4.78 is 10.6. The molecule has 1 aromatic carbocycles. The third kappa shape index (κ3) is 3.47. The maximum absolute atomic E-state index is 5.87. The van der Waals surface area contributed by atoms with Gasteiger partial charge in [0, 0.05) is 11.6 Å². The zero-order valence-electron chi connectivity index (χ0n) is 9.44. The van der Waals surface area contributed by atoms with E-state index in [-0.39, 0.29) is 6.08 Å². The smallest absolute Gasteiger partial charge is 0.394 e. The number of hydrogen-bond donors (Lipinski definition) is 1. The van der Waals surface area contributed by atoms with Gasteiger partial charge in [-0.15, -0.1) is 0 Å². The molecule has 5 heteroatoms. The fraction of sp³-hybridized carbons (Fsp3) is 0.250. The Balaban J connectivity index is 1.93. The van der Waals surface area contributed by atoms with Crippen molar-refractivity contribution in [1.29, 1.82) is 0 Å². The highest BCUT2D eigenvalue weighted by Crippen LogP contribution is 2.15. The van der Waals surface area contributed by atoms with Crippen LogP contribution in [0.1, 0.15) is 11.3 Å². The van der Waals surface area contributed by atoms with E-state index in [0.29, 0.717) is 18.2 Å². The molecule has 2 aromatic rings. The van der Waals surface area contributed by atoms with Gasteiger partial charge in [0.2, 0.25) is 0 Å². The Hall–Kier alpha value is -1.52. The highest BCUT2D eigenvalue weighted by molar-refractivity contribution is 6.30. The van der Waals surface area contributed by atoms with Crippen LogP contribution in [0.15, 0.2) is 34.9 Å². The van der Waals surface area contributed by atoms with Gasteiger partial charge in [0.15, 0.2) is 0 Å². The van der Waals surface area contributed by atoms with Gasteiger partial charge in [-0.05, 0) is 24.7 Å². The van der Waals surface area contributed by atoms with Gasteiger partial charge in [-0.1, -0.05) is 23.7 Å². The third-order valence-electron chi connectivity index (χ3n) is 2.14. The number of nitrogens with zero attached hydrogens (tertiary/aromatic N) is 1. The number of hydrogen-bond acceptors (Lipinski definition) is 4. The molecule has 4 nitrogen and oxygen atoms in total. The molecule has 0 fully saturated rings. The first-order chi connectivity index (χ1) is 8.28. The van der Waals surface area contributed by atoms with E-state index in [0.717, 1.165) is 11.3 Å². The Kier molecular flexibility index (Phi) is 4.01. The van der Waals surface area contributed by atoms with E-state index in [2.05, 4.69) is 10.3 Å². The summed E-state index contributed by atoms with van der Waals surface area (Å²) in [7, 11) is 1.85. The molecule has 0 atom stereocenters. The molecular formula is C12H13ClN2O2. The van der Waals surface area contributed by atoms with Gasteiger partial charge in [-0.25, -0.2) is 0 Å². The van der Waals surface area contributed by atoms with Crippen molar-refractivity contribution >= 4 is 11.6 Å². The highest BCUT2D eigenvalue weighted by Gasteiger charge is 2.04. The molecule has 2 rings (SSSR count). The van der Waals surface area contributed by atoms with E-state index in [1.165, 1.54) is 0 Å². The lowest BCUT2D eigenvalue weighted by Crippen LogP contribution is -2.05. The quantitative estimate of drug-likeness (QED) is 0.889. The van der Waals surface area contributed by atoms with Crippen LogP contribution in [0.4, 0.5) is 0 Å². The van der Waals surface area contributed by atoms with Gasteiger partial charge >= 0.3 is 6.08 Å². The molecule has 0 aliphatic carbocycles. The molecule has 0 aliphatic rings. The standard InChI is InChI=1S/C12H13ClN2O2/c1-14-6-11-8-17-12(15-11)16-7-9-3-2-4-10(13)5-9/h2-5,8,14H,6-7H2,1H3. The molecule has 1 heterocycles. The Morgan fingerprint density at radius 2 is 2.35 bits per heavy atom. The topological polar surface area (TPSA) is 47.3 Å². The van der Waals surface area contributed by atoms with Crippen molar-refractivity contribution in [2.75, 3.05) is 7.05 Å². The van der Waals surface area contributed by atoms with Gasteiger partial charge in [0.25, 0.3) is 0 Å². The molecule has 0 saturated carbocycles. The summed E-state index contributed by atoms with van der Waals surface area (Å²) >= 11 is 5.87. The van der Waals surface area contributed by atoms with Gasteiger partial charge in [-0.2, -0.15) is 4.98 Å². The molecular weight excluding hydrogens is 240 g/mol. The van der Waals surface area contributed by atoms with Crippen molar-refractivity contribution in [3.63, 3.8) is 0 Å². The Morgan fingerprint density at radius 3 is 3.12 bits per heavy atom. The number of aromatic nitrogens is 1. The predicted molar refractivity (Wildman–Crippen MR) is 65.1 cm³/mol. The van der Waals surface area contributed by atoms with Crippen LogP contribution >= 0.6 is 11.6 Å². The summed E-state index contributed by atoms with van der Waals surface area (Å²) in [6.45, 7) is 1.05. The summed E-state index contributed by atoms with van der Waals surface area (Å²) in [5.74, 6) is 0. The lowest BCUT2D eigenvalue weighted by Gasteiger charge is -2.01. The van der Waals surface area contributed by atoms with E-state index in [9.17, 15) is 0 Å². The number of ether oxygens (including phenoxy) is 1. The maximum Gasteiger partial charge on any atom is 0.394 e. The van der Waals surface area contributed by atoms with Gasteiger partial charge in [-0.3, -0.25) is 0 Å². The zero-order valence-corrected chi connectivity index (χ0v) is 10.2. The largest absolute Gasteiger partial charge is 0.445 e. The molecule has 1 aromatic heterocycles. The Labute approximate surface area is 105 Å². The number of rotatable bonds is 5. The predicted octanol–water partition coefficient (Wildman–Crippen LogP) is 2.63. The van der Waals surface area contributed by atoms with E-state index >= 15 is 0 Å². The Bertz CT molecular complexity index is 485. The van der Waals surface area contributed by atoms with Crippen LogP contribution in [0.25, 0.3) is 0 Å². The summed E-state index contributed by atoms with van der Waals surface area (Å²) in [5.41, 5.74) is 1.79. The van der Waals surface area contributed by atoms with E-state index in [4.69, 9.17) is 20.8 Å². The minimum Gasteiger partial charge on any atom is -0.445 e. The molecule has 17 heavy (non-hydrogen) atoms.